The van der Waals surface area contributed by atoms with E-state index >= 15 is 0 Å². The summed E-state index contributed by atoms with van der Waals surface area (Å²) in [6, 6.07) is 3.02. The zero-order valence-corrected chi connectivity index (χ0v) is 26.9. The number of para-hydroxylation sites is 1. The molecule has 4 rings (SSSR count). The largest absolute Gasteiger partial charge is 0.507 e. The number of phenolic OH excluding ortho intramolecular Hbond substituents is 1. The van der Waals surface area contributed by atoms with Gasteiger partial charge in [0.15, 0.2) is 5.60 Å². The third-order valence-electron chi connectivity index (χ3n) is 8.51. The summed E-state index contributed by atoms with van der Waals surface area (Å²) in [5.74, 6) is -8.38. The number of hydrogen-bond acceptors (Lipinski definition) is 10. The molecule has 0 aromatic heterocycles. The minimum atomic E-state index is -2.83. The van der Waals surface area contributed by atoms with Crippen molar-refractivity contribution in [2.24, 2.45) is 11.7 Å². The van der Waals surface area contributed by atoms with Crippen molar-refractivity contribution in [3.63, 3.8) is 0 Å². The summed E-state index contributed by atoms with van der Waals surface area (Å²) in [5, 5.41) is 46.0. The Morgan fingerprint density at radius 2 is 1.80 bits per heavy atom. The fraction of sp³-hybridized carbons (Fsp3) is 0.364. The zero-order valence-electron chi connectivity index (χ0n) is 26.9. The van der Waals surface area contributed by atoms with Crippen LogP contribution in [0.4, 0.5) is 5.69 Å². The maximum absolute atomic E-state index is 13.7. The standard InChI is InChI=1S/C33H38N6O10/c1-4-11-35-30(46)25-27(43)33(49)19-8-6-7-17(24(19)39-32(33)48)18-12-16(9-10-22(18)40)13-20(37-31(47)26(42)15(3)5-2)28(44)36-21(14-23(34)41)29(45)38-25/h4,6-12,15,20-21,25,27,40,43,49H,5,13-14H2,1-3H3,(H2,34,41)(H,35,46)(H,36,44)(H,37,47)(H,38,45)(H,39,48)/b11-4+/t15-,20+,21+,25-,27-,33+/m1/s1. The number of nitrogens with one attached hydrogen (secondary N) is 5. The molecule has 49 heavy (non-hydrogen) atoms. The lowest BCUT2D eigenvalue weighted by molar-refractivity contribution is -0.155. The molecule has 6 atom stereocenters. The average Bonchev–Trinajstić information content (AvgIpc) is 3.34. The number of phenols is 1. The SMILES string of the molecule is C/C=C/NC(=O)[C@@H]1NC(=O)[C@H](CC(N)=O)NC(=O)[C@@H](NC(=O)C(=O)[C@H](C)CC)Cc2ccc(O)c(c2)-c2cccc3c2NC(=O)[C@@]3(O)[C@@H]1O. The molecule has 6 amide bonds. The second-order valence-corrected chi connectivity index (χ2v) is 11.9. The first-order valence-corrected chi connectivity index (χ1v) is 15.5. The molecule has 16 heteroatoms. The number of amides is 6. The number of carbonyl (C=O) groups is 7. The van der Waals surface area contributed by atoms with E-state index in [4.69, 9.17) is 5.73 Å². The maximum atomic E-state index is 13.7. The number of aliphatic hydroxyl groups excluding tert-OH is 1. The molecule has 2 aliphatic heterocycles. The smallest absolute Gasteiger partial charge is 0.288 e. The number of ketones is 1. The highest BCUT2D eigenvalue weighted by Gasteiger charge is 2.56. The number of fused-ring (bicyclic) bond motifs is 3. The lowest BCUT2D eigenvalue weighted by Gasteiger charge is -2.33. The Hall–Kier alpha value is -5.61. The lowest BCUT2D eigenvalue weighted by atomic mass is 9.83. The number of aliphatic hydroxyl groups is 2. The van der Waals surface area contributed by atoms with Crippen LogP contribution in [0.2, 0.25) is 0 Å². The maximum Gasteiger partial charge on any atom is 0.288 e. The number of nitrogens with two attached hydrogens (primary N) is 1. The van der Waals surface area contributed by atoms with Crippen LogP contribution in [-0.2, 0) is 45.6 Å². The Kier molecular flexibility index (Phi) is 10.8. The molecule has 2 heterocycles. The van der Waals surface area contributed by atoms with Gasteiger partial charge < -0.3 is 47.6 Å². The summed E-state index contributed by atoms with van der Waals surface area (Å²) in [7, 11) is 0. The van der Waals surface area contributed by atoms with E-state index in [2.05, 4.69) is 26.6 Å². The summed E-state index contributed by atoms with van der Waals surface area (Å²) in [4.78, 5) is 91.8. The van der Waals surface area contributed by atoms with Crippen molar-refractivity contribution in [1.82, 2.24) is 21.3 Å². The van der Waals surface area contributed by atoms with Gasteiger partial charge in [0.2, 0.25) is 29.4 Å². The van der Waals surface area contributed by atoms with Gasteiger partial charge in [-0.25, -0.2) is 0 Å². The highest BCUT2D eigenvalue weighted by molar-refractivity contribution is 6.37. The van der Waals surface area contributed by atoms with Gasteiger partial charge in [0.05, 0.1) is 12.1 Å². The zero-order chi connectivity index (χ0) is 36.2. The molecule has 2 aliphatic rings. The Labute approximate surface area is 280 Å². The molecule has 0 aliphatic carbocycles. The minimum Gasteiger partial charge on any atom is -0.507 e. The van der Waals surface area contributed by atoms with Gasteiger partial charge in [-0.05, 0) is 37.2 Å². The summed E-state index contributed by atoms with van der Waals surface area (Å²) in [6.45, 7) is 4.79. The van der Waals surface area contributed by atoms with Crippen molar-refractivity contribution in [2.75, 3.05) is 5.32 Å². The topological polar surface area (TPSA) is 266 Å². The van der Waals surface area contributed by atoms with Gasteiger partial charge in [-0.1, -0.05) is 44.2 Å². The van der Waals surface area contributed by atoms with Gasteiger partial charge >= 0.3 is 0 Å². The van der Waals surface area contributed by atoms with E-state index in [1.165, 1.54) is 49.4 Å². The quantitative estimate of drug-likeness (QED) is 0.149. The van der Waals surface area contributed by atoms with Gasteiger partial charge in [-0.3, -0.25) is 33.6 Å². The van der Waals surface area contributed by atoms with Gasteiger partial charge in [-0.15, -0.1) is 0 Å². The third-order valence-corrected chi connectivity index (χ3v) is 8.51. The molecule has 0 fully saturated rings. The predicted octanol–water partition coefficient (Wildman–Crippen LogP) is -1.29. The molecule has 0 spiro atoms. The molecule has 0 saturated carbocycles. The van der Waals surface area contributed by atoms with Gasteiger partial charge in [0.1, 0.15) is 30.0 Å². The Morgan fingerprint density at radius 3 is 2.45 bits per heavy atom. The van der Waals surface area contributed by atoms with E-state index in [0.29, 0.717) is 12.0 Å². The molecule has 16 nitrogen and oxygen atoms in total. The minimum absolute atomic E-state index is 0.0270. The van der Waals surface area contributed by atoms with Crippen molar-refractivity contribution in [2.45, 2.75) is 69.9 Å². The number of aromatic hydroxyl groups is 1. The number of anilines is 1. The van der Waals surface area contributed by atoms with E-state index < -0.39 is 83.4 Å². The average molecular weight is 679 g/mol. The van der Waals surface area contributed by atoms with Crippen molar-refractivity contribution >= 4 is 46.9 Å². The first-order chi connectivity index (χ1) is 23.1. The molecule has 6 bridgehead atoms. The molecule has 2 aromatic rings. The van der Waals surface area contributed by atoms with Crippen LogP contribution in [0.5, 0.6) is 5.75 Å². The van der Waals surface area contributed by atoms with E-state index in [1.54, 1.807) is 13.8 Å². The first-order valence-electron chi connectivity index (χ1n) is 15.5. The van der Waals surface area contributed by atoms with Crippen molar-refractivity contribution < 1.29 is 48.9 Å². The fourth-order valence-electron chi connectivity index (χ4n) is 5.58. The van der Waals surface area contributed by atoms with Crippen molar-refractivity contribution in [3.05, 3.63) is 59.8 Å². The second-order valence-electron chi connectivity index (χ2n) is 11.9. The number of benzene rings is 2. The van der Waals surface area contributed by atoms with E-state index in [-0.39, 0.29) is 34.5 Å². The summed E-state index contributed by atoms with van der Waals surface area (Å²) >= 11 is 0. The molecule has 0 saturated heterocycles. The van der Waals surface area contributed by atoms with Gasteiger partial charge in [0.25, 0.3) is 11.8 Å². The first kappa shape index (κ1) is 36.2. The van der Waals surface area contributed by atoms with Crippen LogP contribution in [0.1, 0.15) is 44.7 Å². The molecule has 10 N–H and O–H groups in total. The van der Waals surface area contributed by atoms with E-state index in [9.17, 15) is 48.9 Å². The van der Waals surface area contributed by atoms with Crippen molar-refractivity contribution in [3.8, 4) is 16.9 Å². The normalized spacial score (nSPS) is 24.3. The van der Waals surface area contributed by atoms with E-state index in [0.717, 1.165) is 6.20 Å². The molecular formula is C33H38N6O10. The second kappa shape index (κ2) is 14.7. The summed E-state index contributed by atoms with van der Waals surface area (Å²) < 4.78 is 0. The monoisotopic (exact) mass is 678 g/mol. The van der Waals surface area contributed by atoms with Crippen LogP contribution in [0, 0.1) is 5.92 Å². The van der Waals surface area contributed by atoms with Crippen LogP contribution in [-0.4, -0.2) is 80.8 Å². The van der Waals surface area contributed by atoms with Crippen LogP contribution >= 0.6 is 0 Å². The third kappa shape index (κ3) is 7.29. The molecule has 260 valence electrons. The number of rotatable bonds is 8. The van der Waals surface area contributed by atoms with Crippen LogP contribution in [0.15, 0.2) is 48.7 Å². The fourth-order valence-corrected chi connectivity index (χ4v) is 5.58. The van der Waals surface area contributed by atoms with Gasteiger partial charge in [-0.2, -0.15) is 0 Å². The molecule has 0 unspecified atom stereocenters. The van der Waals surface area contributed by atoms with E-state index in [1.807, 2.05) is 0 Å². The molecule has 2 aromatic carbocycles. The summed E-state index contributed by atoms with van der Waals surface area (Å²) in [5.41, 5.74) is 2.95. The lowest BCUT2D eigenvalue weighted by Crippen LogP contribution is -2.64. The molecular weight excluding hydrogens is 640 g/mol. The Morgan fingerprint density at radius 1 is 1.08 bits per heavy atom. The number of carbonyl (C=O) groups excluding carboxylic acids is 7. The Balaban J connectivity index is 1.93. The Bertz CT molecular complexity index is 1740. The highest BCUT2D eigenvalue weighted by Crippen LogP contribution is 2.46. The number of primary amides is 1. The van der Waals surface area contributed by atoms with Crippen LogP contribution in [0.3, 0.4) is 0 Å². The summed E-state index contributed by atoms with van der Waals surface area (Å²) in [6.07, 6.45) is -0.553. The van der Waals surface area contributed by atoms with Crippen LogP contribution < -0.4 is 32.3 Å². The van der Waals surface area contributed by atoms with Crippen LogP contribution in [0.25, 0.3) is 11.1 Å². The van der Waals surface area contributed by atoms with Gasteiger partial charge in [0, 0.05) is 29.0 Å². The highest BCUT2D eigenvalue weighted by atomic mass is 16.4. The number of Topliss-reactive ketones (excluding diaryl/α,β-unsaturated/α-hetero) is 1. The number of hydrogen-bond donors (Lipinski definition) is 9. The molecule has 0 radical (unpaired) electrons. The van der Waals surface area contributed by atoms with Crippen molar-refractivity contribution in [1.29, 1.82) is 0 Å². The number of allylic oxidation sites excluding steroid dienone is 1. The predicted molar refractivity (Wildman–Crippen MR) is 173 cm³/mol.